The highest BCUT2D eigenvalue weighted by Gasteiger charge is 2.12. The molecule has 0 aromatic heterocycles. The van der Waals surface area contributed by atoms with Gasteiger partial charge in [-0.05, 0) is 72.8 Å². The third-order valence-corrected chi connectivity index (χ3v) is 4.24. The third kappa shape index (κ3) is 3.69. The number of hydrogen-bond donors (Lipinski definition) is 3. The lowest BCUT2D eigenvalue weighted by Crippen LogP contribution is -2.10. The van der Waals surface area contributed by atoms with E-state index in [1.807, 2.05) is 21.1 Å². The Bertz CT molecular complexity index is 680. The Morgan fingerprint density at radius 2 is 0.680 bits per heavy atom. The fourth-order valence-corrected chi connectivity index (χ4v) is 2.78. The molecule has 0 atom stereocenters. The molecule has 3 rings (SSSR count). The molecule has 3 aromatic carbocycles. The molecule has 128 valence electrons. The standard InChI is InChI=1S/C21H24N4/c1-22-16-4-10-19(11-5-16)25(20-12-6-17(23-2)7-13-20)21-14-8-18(24-3)9-15-21/h4-15,22-24H,1-3H3. The lowest BCUT2D eigenvalue weighted by atomic mass is 10.1. The minimum Gasteiger partial charge on any atom is -0.388 e. The van der Waals surface area contributed by atoms with Gasteiger partial charge >= 0.3 is 0 Å². The van der Waals surface area contributed by atoms with Gasteiger partial charge in [-0.3, -0.25) is 0 Å². The molecule has 0 saturated heterocycles. The van der Waals surface area contributed by atoms with E-state index < -0.39 is 0 Å². The van der Waals surface area contributed by atoms with Gasteiger partial charge in [-0.2, -0.15) is 0 Å². The first-order valence-corrected chi connectivity index (χ1v) is 8.38. The van der Waals surface area contributed by atoms with Crippen molar-refractivity contribution in [2.75, 3.05) is 42.0 Å². The molecule has 0 bridgehead atoms. The molecule has 0 amide bonds. The monoisotopic (exact) mass is 332 g/mol. The van der Waals surface area contributed by atoms with Crippen molar-refractivity contribution in [3.8, 4) is 0 Å². The van der Waals surface area contributed by atoms with Crippen LogP contribution in [0.4, 0.5) is 34.1 Å². The first-order valence-electron chi connectivity index (χ1n) is 8.38. The molecule has 0 aliphatic heterocycles. The van der Waals surface area contributed by atoms with Crippen LogP contribution in [0.15, 0.2) is 72.8 Å². The molecule has 0 aliphatic carbocycles. The summed E-state index contributed by atoms with van der Waals surface area (Å²) in [5.74, 6) is 0. The lowest BCUT2D eigenvalue weighted by Gasteiger charge is -2.26. The number of nitrogens with zero attached hydrogens (tertiary/aromatic N) is 1. The van der Waals surface area contributed by atoms with E-state index in [9.17, 15) is 0 Å². The fourth-order valence-electron chi connectivity index (χ4n) is 2.78. The normalized spacial score (nSPS) is 10.2. The van der Waals surface area contributed by atoms with E-state index in [4.69, 9.17) is 0 Å². The van der Waals surface area contributed by atoms with Gasteiger partial charge in [0.15, 0.2) is 0 Å². The van der Waals surface area contributed by atoms with Gasteiger partial charge in [0.05, 0.1) is 0 Å². The summed E-state index contributed by atoms with van der Waals surface area (Å²) in [5.41, 5.74) is 6.65. The van der Waals surface area contributed by atoms with Crippen molar-refractivity contribution < 1.29 is 0 Å². The van der Waals surface area contributed by atoms with Crippen molar-refractivity contribution in [3.05, 3.63) is 72.8 Å². The molecule has 25 heavy (non-hydrogen) atoms. The molecule has 0 unspecified atom stereocenters. The maximum atomic E-state index is 3.17. The van der Waals surface area contributed by atoms with Gasteiger partial charge in [-0.15, -0.1) is 0 Å². The Morgan fingerprint density at radius 3 is 0.880 bits per heavy atom. The second kappa shape index (κ2) is 7.62. The molecular formula is C21H24N4. The fraction of sp³-hybridized carbons (Fsp3) is 0.143. The zero-order valence-electron chi connectivity index (χ0n) is 14.9. The average Bonchev–Trinajstić information content (AvgIpc) is 2.70. The minimum absolute atomic E-state index is 1.10. The second-order valence-electron chi connectivity index (χ2n) is 5.73. The van der Waals surface area contributed by atoms with Gasteiger partial charge in [0.25, 0.3) is 0 Å². The molecule has 3 aromatic rings. The van der Waals surface area contributed by atoms with Crippen LogP contribution in [0.25, 0.3) is 0 Å². The molecule has 0 aliphatic rings. The lowest BCUT2D eigenvalue weighted by molar-refractivity contribution is 1.28. The number of hydrogen-bond acceptors (Lipinski definition) is 4. The summed E-state index contributed by atoms with van der Waals surface area (Å²) >= 11 is 0. The Hall–Kier alpha value is -3.14. The minimum atomic E-state index is 1.10. The number of rotatable bonds is 6. The van der Waals surface area contributed by atoms with Crippen LogP contribution < -0.4 is 20.9 Å². The zero-order valence-corrected chi connectivity index (χ0v) is 14.9. The van der Waals surface area contributed by atoms with Crippen LogP contribution in [0.2, 0.25) is 0 Å². The summed E-state index contributed by atoms with van der Waals surface area (Å²) in [7, 11) is 5.79. The van der Waals surface area contributed by atoms with Gasteiger partial charge < -0.3 is 20.9 Å². The summed E-state index contributed by atoms with van der Waals surface area (Å²) in [6, 6.07) is 25.3. The topological polar surface area (TPSA) is 39.3 Å². The van der Waals surface area contributed by atoms with Crippen LogP contribution in [0.5, 0.6) is 0 Å². The van der Waals surface area contributed by atoms with E-state index in [-0.39, 0.29) is 0 Å². The molecule has 0 saturated carbocycles. The maximum Gasteiger partial charge on any atom is 0.0463 e. The molecule has 3 N–H and O–H groups in total. The molecule has 0 radical (unpaired) electrons. The molecule has 4 heteroatoms. The van der Waals surface area contributed by atoms with Crippen molar-refractivity contribution in [1.82, 2.24) is 0 Å². The first kappa shape index (κ1) is 16.7. The van der Waals surface area contributed by atoms with Crippen molar-refractivity contribution in [2.45, 2.75) is 0 Å². The summed E-state index contributed by atoms with van der Waals surface area (Å²) in [6.45, 7) is 0. The van der Waals surface area contributed by atoms with Crippen molar-refractivity contribution in [3.63, 3.8) is 0 Å². The zero-order chi connectivity index (χ0) is 17.6. The van der Waals surface area contributed by atoms with Gasteiger partial charge in [-0.1, -0.05) is 0 Å². The number of benzene rings is 3. The summed E-state index contributed by atoms with van der Waals surface area (Å²) in [5, 5.41) is 9.50. The van der Waals surface area contributed by atoms with Gasteiger partial charge in [0.2, 0.25) is 0 Å². The van der Waals surface area contributed by atoms with Crippen LogP contribution in [-0.4, -0.2) is 21.1 Å². The molecular weight excluding hydrogens is 308 g/mol. The molecule has 0 heterocycles. The summed E-state index contributed by atoms with van der Waals surface area (Å²) in [6.07, 6.45) is 0. The highest BCUT2D eigenvalue weighted by Crippen LogP contribution is 2.35. The molecule has 0 spiro atoms. The average molecular weight is 332 g/mol. The quantitative estimate of drug-likeness (QED) is 0.574. The van der Waals surface area contributed by atoms with E-state index in [0.29, 0.717) is 0 Å². The Labute approximate surface area is 149 Å². The number of nitrogens with one attached hydrogen (secondary N) is 3. The van der Waals surface area contributed by atoms with Crippen LogP contribution in [-0.2, 0) is 0 Å². The Balaban J connectivity index is 2.04. The van der Waals surface area contributed by atoms with Gasteiger partial charge in [0.1, 0.15) is 0 Å². The largest absolute Gasteiger partial charge is 0.388 e. The highest BCUT2D eigenvalue weighted by molar-refractivity contribution is 5.78. The predicted octanol–water partition coefficient (Wildman–Crippen LogP) is 5.28. The SMILES string of the molecule is CNc1ccc(N(c2ccc(NC)cc2)c2ccc(NC)cc2)cc1. The predicted molar refractivity (Wildman–Crippen MR) is 110 cm³/mol. The van der Waals surface area contributed by atoms with Gasteiger partial charge in [-0.25, -0.2) is 0 Å². The van der Waals surface area contributed by atoms with Crippen molar-refractivity contribution in [1.29, 1.82) is 0 Å². The Kier molecular flexibility index (Phi) is 5.09. The van der Waals surface area contributed by atoms with E-state index in [2.05, 4.69) is 93.6 Å². The van der Waals surface area contributed by atoms with E-state index >= 15 is 0 Å². The summed E-state index contributed by atoms with van der Waals surface area (Å²) < 4.78 is 0. The van der Waals surface area contributed by atoms with Crippen LogP contribution in [0, 0.1) is 0 Å². The number of anilines is 6. The highest BCUT2D eigenvalue weighted by atomic mass is 15.1. The smallest absolute Gasteiger partial charge is 0.0463 e. The van der Waals surface area contributed by atoms with Crippen LogP contribution >= 0.6 is 0 Å². The first-order chi connectivity index (χ1) is 12.2. The summed E-state index contributed by atoms with van der Waals surface area (Å²) in [4.78, 5) is 2.25. The second-order valence-corrected chi connectivity index (χ2v) is 5.73. The van der Waals surface area contributed by atoms with E-state index in [0.717, 1.165) is 34.1 Å². The molecule has 0 fully saturated rings. The van der Waals surface area contributed by atoms with Crippen molar-refractivity contribution in [2.24, 2.45) is 0 Å². The van der Waals surface area contributed by atoms with Crippen LogP contribution in [0.1, 0.15) is 0 Å². The van der Waals surface area contributed by atoms with E-state index in [1.54, 1.807) is 0 Å². The molecule has 4 nitrogen and oxygen atoms in total. The van der Waals surface area contributed by atoms with Crippen LogP contribution in [0.3, 0.4) is 0 Å². The van der Waals surface area contributed by atoms with E-state index in [1.165, 1.54) is 0 Å². The third-order valence-electron chi connectivity index (χ3n) is 4.24. The Morgan fingerprint density at radius 1 is 0.440 bits per heavy atom. The van der Waals surface area contributed by atoms with Crippen molar-refractivity contribution >= 4 is 34.1 Å². The maximum absolute atomic E-state index is 3.17. The van der Waals surface area contributed by atoms with Gasteiger partial charge in [0, 0.05) is 55.3 Å².